The second-order valence-electron chi connectivity index (χ2n) is 6.78. The van der Waals surface area contributed by atoms with Crippen molar-refractivity contribution < 1.29 is 14.1 Å². The van der Waals surface area contributed by atoms with Gasteiger partial charge in [0.1, 0.15) is 5.75 Å². The van der Waals surface area contributed by atoms with Crippen LogP contribution < -0.4 is 9.26 Å². The first kappa shape index (κ1) is 15.6. The van der Waals surface area contributed by atoms with Gasteiger partial charge in [0.25, 0.3) is 8.32 Å². The van der Waals surface area contributed by atoms with Crippen LogP contribution in [-0.2, 0) is 4.79 Å². The van der Waals surface area contributed by atoms with E-state index in [-0.39, 0.29) is 11.0 Å². The molecule has 2 rings (SSSR count). The topological polar surface area (TPSA) is 40.5 Å². The molecule has 0 aliphatic rings. The number of aromatic nitrogens is 1. The molecule has 2 aromatic rings. The van der Waals surface area contributed by atoms with E-state index in [1.807, 2.05) is 24.3 Å². The van der Waals surface area contributed by atoms with Gasteiger partial charge in [0.15, 0.2) is 0 Å². The smallest absolute Gasteiger partial charge is 0.329 e. The molecule has 1 aromatic heterocycles. The highest BCUT2D eigenvalue weighted by atomic mass is 28.4. The van der Waals surface area contributed by atoms with Crippen LogP contribution in [0.15, 0.2) is 30.5 Å². The Morgan fingerprint density at radius 3 is 2.43 bits per heavy atom. The van der Waals surface area contributed by atoms with Gasteiger partial charge in [-0.3, -0.25) is 0 Å². The summed E-state index contributed by atoms with van der Waals surface area (Å²) in [5.41, 5.74) is 0.835. The number of carbonyl (C=O) groups excluding carboxylic acids is 1. The van der Waals surface area contributed by atoms with Crippen LogP contribution in [0.5, 0.6) is 5.75 Å². The molecule has 21 heavy (non-hydrogen) atoms. The summed E-state index contributed by atoms with van der Waals surface area (Å²) in [5.74, 6) is 0.508. The number of hydrogen-bond donors (Lipinski definition) is 0. The third-order valence-electron chi connectivity index (χ3n) is 4.06. The number of benzene rings is 1. The van der Waals surface area contributed by atoms with Gasteiger partial charge in [-0.05, 0) is 36.3 Å². The SMILES string of the molecule is CC(=O)On1ccc2c(O[Si](C)(C)C(C)(C)C)cccc21. The zero-order chi connectivity index (χ0) is 15.8. The van der Waals surface area contributed by atoms with Gasteiger partial charge in [0.2, 0.25) is 0 Å². The number of nitrogens with zero attached hydrogens (tertiary/aromatic N) is 1. The van der Waals surface area contributed by atoms with Crippen molar-refractivity contribution in [2.75, 3.05) is 0 Å². The van der Waals surface area contributed by atoms with Crippen LogP contribution in [0.4, 0.5) is 0 Å². The summed E-state index contributed by atoms with van der Waals surface area (Å²) in [4.78, 5) is 16.3. The van der Waals surface area contributed by atoms with Gasteiger partial charge in [-0.1, -0.05) is 26.8 Å². The van der Waals surface area contributed by atoms with E-state index in [4.69, 9.17) is 9.26 Å². The molecule has 0 fully saturated rings. The van der Waals surface area contributed by atoms with Gasteiger partial charge < -0.3 is 9.26 Å². The Bertz CT molecular complexity index is 668. The predicted molar refractivity (Wildman–Crippen MR) is 87.0 cm³/mol. The van der Waals surface area contributed by atoms with Crippen LogP contribution in [0, 0.1) is 0 Å². The molecule has 0 aliphatic heterocycles. The molecule has 0 amide bonds. The Morgan fingerprint density at radius 2 is 1.86 bits per heavy atom. The van der Waals surface area contributed by atoms with E-state index in [1.165, 1.54) is 11.7 Å². The maximum atomic E-state index is 11.1. The minimum atomic E-state index is -1.90. The monoisotopic (exact) mass is 305 g/mol. The summed E-state index contributed by atoms with van der Waals surface area (Å²) in [5, 5.41) is 1.09. The fourth-order valence-electron chi connectivity index (χ4n) is 1.85. The van der Waals surface area contributed by atoms with Crippen molar-refractivity contribution >= 4 is 25.2 Å². The molecule has 0 saturated carbocycles. The molecule has 1 aromatic carbocycles. The van der Waals surface area contributed by atoms with Gasteiger partial charge in [0.05, 0.1) is 5.52 Å². The second kappa shape index (κ2) is 5.22. The quantitative estimate of drug-likeness (QED) is 0.805. The maximum Gasteiger partial charge on any atom is 0.329 e. The maximum absolute atomic E-state index is 11.1. The Kier molecular flexibility index (Phi) is 3.89. The standard InChI is InChI=1S/C16H23NO3Si/c1-12(18)19-17-11-10-13-14(17)8-7-9-15(13)20-21(5,6)16(2,3)4/h7-11H,1-6H3. The predicted octanol–water partition coefficient (Wildman–Crippen LogP) is 4.00. The minimum Gasteiger partial charge on any atom is -0.543 e. The molecular weight excluding hydrogens is 282 g/mol. The molecule has 0 unspecified atom stereocenters. The summed E-state index contributed by atoms with van der Waals surface area (Å²) in [6.45, 7) is 12.5. The average Bonchev–Trinajstić information content (AvgIpc) is 2.71. The molecule has 0 aliphatic carbocycles. The van der Waals surface area contributed by atoms with Crippen molar-refractivity contribution in [1.82, 2.24) is 4.73 Å². The Morgan fingerprint density at radius 1 is 1.19 bits per heavy atom. The van der Waals surface area contributed by atoms with Gasteiger partial charge in [-0.15, -0.1) is 0 Å². The van der Waals surface area contributed by atoms with E-state index in [0.717, 1.165) is 16.7 Å². The summed E-state index contributed by atoms with van der Waals surface area (Å²) in [7, 11) is -1.90. The van der Waals surface area contributed by atoms with Gasteiger partial charge >= 0.3 is 5.97 Å². The van der Waals surface area contributed by atoms with Crippen LogP contribution >= 0.6 is 0 Å². The van der Waals surface area contributed by atoms with Gasteiger partial charge in [-0.2, -0.15) is 4.73 Å². The van der Waals surface area contributed by atoms with Gasteiger partial charge in [0, 0.05) is 18.5 Å². The lowest BCUT2D eigenvalue weighted by atomic mass is 10.2. The van der Waals surface area contributed by atoms with Crippen molar-refractivity contribution in [3.05, 3.63) is 30.5 Å². The first-order valence-corrected chi connectivity index (χ1v) is 10.0. The molecule has 0 saturated heterocycles. The molecular formula is C16H23NO3Si. The molecule has 0 bridgehead atoms. The van der Waals surface area contributed by atoms with E-state index in [1.54, 1.807) is 6.20 Å². The molecule has 1 heterocycles. The van der Waals surface area contributed by atoms with Crippen LogP contribution in [0.2, 0.25) is 18.1 Å². The summed E-state index contributed by atoms with van der Waals surface area (Å²) >= 11 is 0. The Labute approximate surface area is 126 Å². The lowest BCUT2D eigenvalue weighted by Gasteiger charge is -2.36. The summed E-state index contributed by atoms with van der Waals surface area (Å²) < 4.78 is 7.87. The lowest BCUT2D eigenvalue weighted by Crippen LogP contribution is -2.43. The molecule has 5 heteroatoms. The van der Waals surface area contributed by atoms with Crippen LogP contribution in [0.1, 0.15) is 27.7 Å². The van der Waals surface area contributed by atoms with E-state index < -0.39 is 8.32 Å². The fourth-order valence-corrected chi connectivity index (χ4v) is 2.88. The molecule has 0 N–H and O–H groups in total. The van der Waals surface area contributed by atoms with Crippen molar-refractivity contribution in [3.63, 3.8) is 0 Å². The summed E-state index contributed by atoms with van der Waals surface area (Å²) in [6, 6.07) is 7.73. The highest BCUT2D eigenvalue weighted by molar-refractivity contribution is 6.74. The molecule has 0 atom stereocenters. The number of fused-ring (bicyclic) bond motifs is 1. The van der Waals surface area contributed by atoms with Crippen molar-refractivity contribution in [3.8, 4) is 5.75 Å². The van der Waals surface area contributed by atoms with E-state index >= 15 is 0 Å². The molecule has 0 spiro atoms. The van der Waals surface area contributed by atoms with Crippen LogP contribution in [0.25, 0.3) is 10.9 Å². The second-order valence-corrected chi connectivity index (χ2v) is 11.5. The highest BCUT2D eigenvalue weighted by Gasteiger charge is 2.39. The first-order chi connectivity index (χ1) is 9.62. The van der Waals surface area contributed by atoms with E-state index in [9.17, 15) is 4.79 Å². The molecule has 4 nitrogen and oxygen atoms in total. The van der Waals surface area contributed by atoms with Crippen LogP contribution in [0.3, 0.4) is 0 Å². The largest absolute Gasteiger partial charge is 0.543 e. The zero-order valence-corrected chi connectivity index (χ0v) is 14.6. The first-order valence-electron chi connectivity index (χ1n) is 7.10. The number of carbonyl (C=O) groups is 1. The van der Waals surface area contributed by atoms with Gasteiger partial charge in [-0.25, -0.2) is 4.79 Å². The fraction of sp³-hybridized carbons (Fsp3) is 0.438. The average molecular weight is 305 g/mol. The van der Waals surface area contributed by atoms with E-state index in [0.29, 0.717) is 0 Å². The van der Waals surface area contributed by atoms with Crippen molar-refractivity contribution in [2.45, 2.75) is 45.8 Å². The normalized spacial score (nSPS) is 12.5. The third-order valence-corrected chi connectivity index (χ3v) is 8.40. The van der Waals surface area contributed by atoms with Crippen molar-refractivity contribution in [1.29, 1.82) is 0 Å². The number of hydrogen-bond acceptors (Lipinski definition) is 3. The minimum absolute atomic E-state index is 0.133. The third kappa shape index (κ3) is 3.13. The lowest BCUT2D eigenvalue weighted by molar-refractivity contribution is -0.140. The Balaban J connectivity index is 2.42. The highest BCUT2D eigenvalue weighted by Crippen LogP contribution is 2.39. The summed E-state index contributed by atoms with van der Waals surface area (Å²) in [6.07, 6.45) is 1.74. The Hall–Kier alpha value is -1.75. The number of rotatable bonds is 3. The van der Waals surface area contributed by atoms with Crippen LogP contribution in [-0.4, -0.2) is 19.0 Å². The molecule has 0 radical (unpaired) electrons. The van der Waals surface area contributed by atoms with Crippen molar-refractivity contribution in [2.24, 2.45) is 0 Å². The molecule has 114 valence electrons. The zero-order valence-electron chi connectivity index (χ0n) is 13.6. The van der Waals surface area contributed by atoms with E-state index in [2.05, 4.69) is 33.9 Å².